The van der Waals surface area contributed by atoms with Gasteiger partial charge in [0, 0.05) is 13.7 Å². The van der Waals surface area contributed by atoms with Crippen molar-refractivity contribution in [2.24, 2.45) is 0 Å². The predicted molar refractivity (Wildman–Crippen MR) is 71.7 cm³/mol. The predicted octanol–water partition coefficient (Wildman–Crippen LogP) is 1.89. The second-order valence-corrected chi connectivity index (χ2v) is 3.97. The minimum atomic E-state index is -0.500. The molecule has 6 nitrogen and oxygen atoms in total. The first-order valence-electron chi connectivity index (χ1n) is 5.50. The number of benzene rings is 1. The van der Waals surface area contributed by atoms with Crippen LogP contribution in [0.1, 0.15) is 10.4 Å². The Kier molecular flexibility index (Phi) is 6.11. The summed E-state index contributed by atoms with van der Waals surface area (Å²) in [4.78, 5) is 22.9. The fraction of sp³-hybridized carbons (Fsp3) is 0.333. The highest BCUT2D eigenvalue weighted by atomic mass is 35.5. The van der Waals surface area contributed by atoms with Crippen molar-refractivity contribution < 1.29 is 19.1 Å². The Hall–Kier alpha value is -1.79. The van der Waals surface area contributed by atoms with Gasteiger partial charge in [0.2, 0.25) is 0 Å². The van der Waals surface area contributed by atoms with Crippen LogP contribution in [0.25, 0.3) is 0 Å². The van der Waals surface area contributed by atoms with Gasteiger partial charge in [0.05, 0.1) is 30.0 Å². The largest absolute Gasteiger partial charge is 0.465 e. The standard InChI is InChI=1S/C12H15ClN2O4/c1-18-6-5-14-12(17)15-10-7-8(11(16)19-2)3-4-9(10)13/h3-4,7H,5-6H2,1-2H3,(H2,14,15,17). The number of ether oxygens (including phenoxy) is 2. The van der Waals surface area contributed by atoms with E-state index in [0.717, 1.165) is 0 Å². The highest BCUT2D eigenvalue weighted by molar-refractivity contribution is 6.33. The Labute approximate surface area is 116 Å². The third-order valence-corrected chi connectivity index (χ3v) is 2.56. The first-order valence-corrected chi connectivity index (χ1v) is 5.88. The highest BCUT2D eigenvalue weighted by Crippen LogP contribution is 2.23. The molecule has 1 aromatic carbocycles. The number of amides is 2. The van der Waals surface area contributed by atoms with Gasteiger partial charge >= 0.3 is 12.0 Å². The first-order chi connectivity index (χ1) is 9.08. The lowest BCUT2D eigenvalue weighted by Crippen LogP contribution is -2.31. The topological polar surface area (TPSA) is 76.7 Å². The van der Waals surface area contributed by atoms with Gasteiger partial charge < -0.3 is 20.1 Å². The van der Waals surface area contributed by atoms with Crippen LogP contribution in [0.5, 0.6) is 0 Å². The molecule has 0 atom stereocenters. The molecule has 0 bridgehead atoms. The van der Waals surface area contributed by atoms with E-state index in [4.69, 9.17) is 16.3 Å². The van der Waals surface area contributed by atoms with Gasteiger partial charge in [-0.3, -0.25) is 0 Å². The summed E-state index contributed by atoms with van der Waals surface area (Å²) in [5.74, 6) is -0.500. The van der Waals surface area contributed by atoms with E-state index in [0.29, 0.717) is 29.4 Å². The summed E-state index contributed by atoms with van der Waals surface area (Å²) in [5.41, 5.74) is 0.638. The number of carbonyl (C=O) groups is 2. The number of hydrogen-bond acceptors (Lipinski definition) is 4. The number of methoxy groups -OCH3 is 2. The number of halogens is 1. The molecule has 0 saturated carbocycles. The number of nitrogens with one attached hydrogen (secondary N) is 2. The third kappa shape index (κ3) is 4.76. The van der Waals surface area contributed by atoms with Gasteiger partial charge in [0.1, 0.15) is 0 Å². The third-order valence-electron chi connectivity index (χ3n) is 2.23. The van der Waals surface area contributed by atoms with Crippen LogP contribution in [-0.4, -0.2) is 39.4 Å². The second kappa shape index (κ2) is 7.60. The minimum absolute atomic E-state index is 0.305. The van der Waals surface area contributed by atoms with Crippen molar-refractivity contribution >= 4 is 29.3 Å². The maximum absolute atomic E-state index is 11.5. The molecule has 0 fully saturated rings. The maximum Gasteiger partial charge on any atom is 0.337 e. The van der Waals surface area contributed by atoms with Crippen molar-refractivity contribution in [1.29, 1.82) is 0 Å². The van der Waals surface area contributed by atoms with E-state index < -0.39 is 12.0 Å². The molecule has 0 spiro atoms. The number of anilines is 1. The fourth-order valence-corrected chi connectivity index (χ4v) is 1.46. The molecule has 0 heterocycles. The summed E-state index contributed by atoms with van der Waals surface area (Å²) in [7, 11) is 2.82. The summed E-state index contributed by atoms with van der Waals surface area (Å²) in [5, 5.41) is 5.44. The van der Waals surface area contributed by atoms with Crippen LogP contribution < -0.4 is 10.6 Å². The molecule has 0 unspecified atom stereocenters. The monoisotopic (exact) mass is 286 g/mol. The average Bonchev–Trinajstić information content (AvgIpc) is 2.40. The Morgan fingerprint density at radius 2 is 2.05 bits per heavy atom. The normalized spacial score (nSPS) is 9.84. The van der Waals surface area contributed by atoms with Crippen molar-refractivity contribution in [3.05, 3.63) is 28.8 Å². The molecule has 2 amide bonds. The molecule has 0 saturated heterocycles. The van der Waals surface area contributed by atoms with Gasteiger partial charge in [-0.05, 0) is 18.2 Å². The summed E-state index contributed by atoms with van der Waals surface area (Å²) >= 11 is 5.93. The molecule has 19 heavy (non-hydrogen) atoms. The molecule has 1 aromatic rings. The van der Waals surface area contributed by atoms with Crippen LogP contribution in [0, 0.1) is 0 Å². The first kappa shape index (κ1) is 15.3. The van der Waals surface area contributed by atoms with E-state index in [1.54, 1.807) is 0 Å². The van der Waals surface area contributed by atoms with Crippen LogP contribution >= 0.6 is 11.6 Å². The molecule has 7 heteroatoms. The van der Waals surface area contributed by atoms with Gasteiger partial charge in [-0.1, -0.05) is 11.6 Å². The summed E-state index contributed by atoms with van der Waals surface area (Å²) in [6.07, 6.45) is 0. The Morgan fingerprint density at radius 3 is 2.68 bits per heavy atom. The molecule has 2 N–H and O–H groups in total. The summed E-state index contributed by atoms with van der Waals surface area (Å²) < 4.78 is 9.39. The van der Waals surface area contributed by atoms with E-state index in [2.05, 4.69) is 15.4 Å². The maximum atomic E-state index is 11.5. The molecule has 0 radical (unpaired) electrons. The van der Waals surface area contributed by atoms with E-state index >= 15 is 0 Å². The van der Waals surface area contributed by atoms with E-state index in [1.807, 2.05) is 0 Å². The molecule has 1 rings (SSSR count). The molecule has 0 aliphatic heterocycles. The van der Waals surface area contributed by atoms with Crippen LogP contribution in [0.15, 0.2) is 18.2 Å². The Balaban J connectivity index is 2.71. The summed E-state index contributed by atoms with van der Waals surface area (Å²) in [6, 6.07) is 4.05. The van der Waals surface area contributed by atoms with Gasteiger partial charge in [-0.25, -0.2) is 9.59 Å². The van der Waals surface area contributed by atoms with E-state index in [9.17, 15) is 9.59 Å². The van der Waals surface area contributed by atoms with Gasteiger partial charge in [0.15, 0.2) is 0 Å². The zero-order valence-corrected chi connectivity index (χ0v) is 11.4. The molecular weight excluding hydrogens is 272 g/mol. The molecule has 0 aliphatic carbocycles. The van der Waals surface area contributed by atoms with E-state index in [1.165, 1.54) is 32.4 Å². The van der Waals surface area contributed by atoms with Crippen molar-refractivity contribution in [3.8, 4) is 0 Å². The summed E-state index contributed by atoms with van der Waals surface area (Å²) in [6.45, 7) is 0.778. The van der Waals surface area contributed by atoms with Gasteiger partial charge in [-0.15, -0.1) is 0 Å². The highest BCUT2D eigenvalue weighted by Gasteiger charge is 2.10. The number of hydrogen-bond donors (Lipinski definition) is 2. The number of esters is 1. The van der Waals surface area contributed by atoms with Crippen LogP contribution in [0.4, 0.5) is 10.5 Å². The number of rotatable bonds is 5. The van der Waals surface area contributed by atoms with Crippen LogP contribution in [0.2, 0.25) is 5.02 Å². The average molecular weight is 287 g/mol. The van der Waals surface area contributed by atoms with Crippen molar-refractivity contribution in [3.63, 3.8) is 0 Å². The van der Waals surface area contributed by atoms with Gasteiger partial charge in [0.25, 0.3) is 0 Å². The van der Waals surface area contributed by atoms with Crippen molar-refractivity contribution in [1.82, 2.24) is 5.32 Å². The van der Waals surface area contributed by atoms with Crippen LogP contribution in [0.3, 0.4) is 0 Å². The van der Waals surface area contributed by atoms with Gasteiger partial charge in [-0.2, -0.15) is 0 Å². The van der Waals surface area contributed by atoms with Crippen LogP contribution in [-0.2, 0) is 9.47 Å². The minimum Gasteiger partial charge on any atom is -0.465 e. The molecule has 0 aliphatic rings. The fourth-order valence-electron chi connectivity index (χ4n) is 1.30. The smallest absolute Gasteiger partial charge is 0.337 e. The zero-order chi connectivity index (χ0) is 14.3. The molecular formula is C12H15ClN2O4. The van der Waals surface area contributed by atoms with Crippen molar-refractivity contribution in [2.45, 2.75) is 0 Å². The quantitative estimate of drug-likeness (QED) is 0.640. The zero-order valence-electron chi connectivity index (χ0n) is 10.7. The molecule has 104 valence electrons. The lowest BCUT2D eigenvalue weighted by molar-refractivity contribution is 0.0600. The van der Waals surface area contributed by atoms with Crippen molar-refractivity contribution in [2.75, 3.05) is 32.7 Å². The lowest BCUT2D eigenvalue weighted by atomic mass is 10.2. The lowest BCUT2D eigenvalue weighted by Gasteiger charge is -2.10. The number of urea groups is 1. The van der Waals surface area contributed by atoms with E-state index in [-0.39, 0.29) is 0 Å². The second-order valence-electron chi connectivity index (χ2n) is 3.56. The Morgan fingerprint density at radius 1 is 1.32 bits per heavy atom. The Bertz CT molecular complexity index is 465. The number of carbonyl (C=O) groups excluding carboxylic acids is 2. The SMILES string of the molecule is COCCNC(=O)Nc1cc(C(=O)OC)ccc1Cl. The molecule has 0 aromatic heterocycles.